The van der Waals surface area contributed by atoms with E-state index in [2.05, 4.69) is 37.2 Å². The molecule has 15 N–H and O–H groups in total. The summed E-state index contributed by atoms with van der Waals surface area (Å²) >= 11 is 3.05. The highest BCUT2D eigenvalue weighted by Gasteiger charge is 2.41. The number of ether oxygens (including phenoxy) is 1. The highest BCUT2D eigenvalue weighted by Crippen LogP contribution is 2.25. The molecule has 11 atom stereocenters. The molecule has 3 rings (SSSR count). The van der Waals surface area contributed by atoms with Crippen molar-refractivity contribution in [1.29, 1.82) is 0 Å². The van der Waals surface area contributed by atoms with Gasteiger partial charge in [-0.2, -0.15) is 35.3 Å². The molecule has 2 saturated heterocycles. The number of aliphatic carboxylic acids is 1. The number of likely N-dealkylation sites (N-methyl/N-ethyl adjacent to an activating group) is 1. The Labute approximate surface area is 631 Å². The zero-order valence-corrected chi connectivity index (χ0v) is 64.7. The van der Waals surface area contributed by atoms with E-state index in [1.54, 1.807) is 53.6 Å². The maximum Gasteiger partial charge on any atom is 0.307 e. The molecule has 11 amide bonds. The Balaban J connectivity index is 2.09. The van der Waals surface area contributed by atoms with Crippen molar-refractivity contribution in [3.05, 3.63) is 29.8 Å². The molecule has 0 bridgehead atoms. The molecule has 1 aromatic rings. The summed E-state index contributed by atoms with van der Waals surface area (Å²) in [6.45, 7) is 11.9. The number of hydrogen-bond donors (Lipinski definition) is 12. The fourth-order valence-electron chi connectivity index (χ4n) is 11.5. The number of nitrogens with zero attached hydrogens (tertiary/aromatic N) is 2. The van der Waals surface area contributed by atoms with Crippen molar-refractivity contribution in [2.75, 3.05) is 61.7 Å². The number of likely N-dealkylation sites (tertiary alicyclic amines) is 1. The van der Waals surface area contributed by atoms with E-state index in [-0.39, 0.29) is 173 Å². The van der Waals surface area contributed by atoms with Crippen LogP contribution in [0.1, 0.15) is 163 Å². The van der Waals surface area contributed by atoms with Crippen LogP contribution in [0, 0.1) is 23.7 Å². The molecule has 2 fully saturated rings. The summed E-state index contributed by atoms with van der Waals surface area (Å²) in [5.41, 5.74) is 16.1. The number of aromatic hydroxyl groups is 1. The van der Waals surface area contributed by atoms with Crippen LogP contribution in [0.5, 0.6) is 5.75 Å². The minimum Gasteiger partial charge on any atom is -0.508 e. The fraction of sp³-hybridized carbons (Fsp3) is 0.676. The topological polar surface area (TPSA) is 509 Å². The van der Waals surface area contributed by atoms with Crippen LogP contribution in [0.15, 0.2) is 24.3 Å². The molecule has 106 heavy (non-hydrogen) atoms. The van der Waals surface area contributed by atoms with Crippen molar-refractivity contribution in [1.82, 2.24) is 47.0 Å². The number of nitrogens with two attached hydrogens (primary N) is 3. The summed E-state index contributed by atoms with van der Waals surface area (Å²) in [7, 11) is 3.21. The number of amides is 11. The van der Waals surface area contributed by atoms with Gasteiger partial charge >= 0.3 is 11.9 Å². The summed E-state index contributed by atoms with van der Waals surface area (Å²) < 4.78 is 5.26. The molecule has 0 aromatic heterocycles. The lowest BCUT2D eigenvalue weighted by Crippen LogP contribution is -2.61. The van der Waals surface area contributed by atoms with Crippen LogP contribution in [0.3, 0.4) is 0 Å². The first kappa shape index (κ1) is 92.0. The van der Waals surface area contributed by atoms with Gasteiger partial charge in [0.15, 0.2) is 5.78 Å². The van der Waals surface area contributed by atoms with Crippen molar-refractivity contribution in [3.63, 3.8) is 0 Å². The van der Waals surface area contributed by atoms with Crippen molar-refractivity contribution >= 4 is 135 Å². The number of carbonyl (C=O) groups is 17. The second-order valence-corrected chi connectivity index (χ2v) is 31.6. The van der Waals surface area contributed by atoms with Gasteiger partial charge in [0.05, 0.1) is 48.1 Å². The maximum atomic E-state index is 14.9. The van der Waals surface area contributed by atoms with Gasteiger partial charge in [0.25, 0.3) is 0 Å². The average molecular weight is 1550 g/mol. The molecule has 0 saturated carbocycles. The van der Waals surface area contributed by atoms with Crippen LogP contribution < -0.4 is 54.4 Å². The molecule has 0 spiro atoms. The maximum absolute atomic E-state index is 14.9. The number of phenolic OH excluding ortho intramolecular Hbond substituents is 1. The molecule has 2 heterocycles. The lowest BCUT2D eigenvalue weighted by atomic mass is 9.94. The van der Waals surface area contributed by atoms with Crippen molar-refractivity contribution < 1.29 is 96.5 Å². The van der Waals surface area contributed by atoms with Crippen LogP contribution in [0.2, 0.25) is 0 Å². The Hall–Kier alpha value is -8.18. The minimum absolute atomic E-state index is 0.00632. The molecule has 0 aliphatic carbocycles. The predicted octanol–water partition coefficient (Wildman–Crippen LogP) is 0.649. The lowest BCUT2D eigenvalue weighted by Gasteiger charge is -2.31. The number of carboxylic acid groups (broad SMARTS) is 1. The van der Waals surface area contributed by atoms with E-state index in [9.17, 15) is 91.7 Å². The molecule has 2 aliphatic heterocycles. The molecule has 2 aliphatic rings. The highest BCUT2D eigenvalue weighted by molar-refractivity contribution is 8.00. The predicted molar refractivity (Wildman–Crippen MR) is 398 cm³/mol. The summed E-state index contributed by atoms with van der Waals surface area (Å²) in [5, 5.41) is 38.4. The zero-order valence-electron chi connectivity index (χ0n) is 62.2. The second-order valence-electron chi connectivity index (χ2n) is 28.5. The lowest BCUT2D eigenvalue weighted by molar-refractivity contribution is -0.159. The van der Waals surface area contributed by atoms with Gasteiger partial charge in [-0.1, -0.05) is 52.7 Å². The number of rotatable bonds is 31. The van der Waals surface area contributed by atoms with Gasteiger partial charge in [-0.3, -0.25) is 86.4 Å². The van der Waals surface area contributed by atoms with Crippen LogP contribution in [-0.4, -0.2) is 236 Å². The number of thioether (sulfide) groups is 3. The van der Waals surface area contributed by atoms with E-state index < -0.39 is 174 Å². The molecule has 0 unspecified atom stereocenters. The summed E-state index contributed by atoms with van der Waals surface area (Å²) in [6.07, 6.45) is -1.76. The molecule has 0 radical (unpaired) electrons. The van der Waals surface area contributed by atoms with E-state index in [1.807, 2.05) is 13.8 Å². The molecular weight excluding hydrogens is 1440 g/mol. The first-order valence-electron chi connectivity index (χ1n) is 35.7. The number of esters is 1. The Morgan fingerprint density at radius 2 is 1.35 bits per heavy atom. The van der Waals surface area contributed by atoms with Gasteiger partial charge in [0, 0.05) is 81.2 Å². The number of Topliss-reactive ketones (excluding diaryl/α,β-unsaturated/α-hetero) is 4. The van der Waals surface area contributed by atoms with E-state index in [4.69, 9.17) is 21.9 Å². The molecule has 32 nitrogen and oxygen atoms in total. The summed E-state index contributed by atoms with van der Waals surface area (Å²) in [4.78, 5) is 234. The number of carboxylic acids is 1. The van der Waals surface area contributed by atoms with Crippen LogP contribution in [-0.2, 0) is 92.7 Å². The normalized spacial score (nSPS) is 22.2. The van der Waals surface area contributed by atoms with Crippen molar-refractivity contribution in [2.24, 2.45) is 40.9 Å². The smallest absolute Gasteiger partial charge is 0.307 e. The number of benzene rings is 1. The van der Waals surface area contributed by atoms with Crippen LogP contribution >= 0.6 is 35.3 Å². The van der Waals surface area contributed by atoms with Gasteiger partial charge in [-0.05, 0) is 109 Å². The van der Waals surface area contributed by atoms with E-state index in [0.717, 1.165) is 35.3 Å². The number of nitrogens with one attached hydrogen (secondary N) is 7. The fourth-order valence-corrected chi connectivity index (χ4v) is 14.6. The zero-order chi connectivity index (χ0) is 79.5. The Morgan fingerprint density at radius 3 is 1.96 bits per heavy atom. The molecule has 35 heteroatoms. The highest BCUT2D eigenvalue weighted by atomic mass is 32.2. The first-order chi connectivity index (χ1) is 49.8. The Bertz CT molecular complexity index is 3240. The van der Waals surface area contributed by atoms with E-state index >= 15 is 0 Å². The molecule has 592 valence electrons. The Kier molecular flexibility index (Phi) is 40.6. The van der Waals surface area contributed by atoms with Gasteiger partial charge in [0.2, 0.25) is 65.0 Å². The third-order valence-electron chi connectivity index (χ3n) is 17.4. The average Bonchev–Trinajstić information content (AvgIpc) is 1.61. The largest absolute Gasteiger partial charge is 0.508 e. The number of phenols is 1. The van der Waals surface area contributed by atoms with Gasteiger partial charge in [0.1, 0.15) is 65.0 Å². The van der Waals surface area contributed by atoms with Crippen LogP contribution in [0.4, 0.5) is 0 Å². The monoisotopic (exact) mass is 1550 g/mol. The first-order valence-corrected chi connectivity index (χ1v) is 39.2. The molecular formula is C71H110N12O20S3. The minimum atomic E-state index is -1.90. The number of ketones is 4. The summed E-state index contributed by atoms with van der Waals surface area (Å²) in [6, 6.07) is -5.59. The third kappa shape index (κ3) is 35.0. The third-order valence-corrected chi connectivity index (χ3v) is 20.8. The number of hydrogen-bond acceptors (Lipinski definition) is 23. The number of primary amides is 3. The molecule has 1 aromatic carbocycles. The van der Waals surface area contributed by atoms with Gasteiger partial charge in [-0.25, -0.2) is 0 Å². The van der Waals surface area contributed by atoms with Crippen LogP contribution in [0.25, 0.3) is 0 Å². The van der Waals surface area contributed by atoms with E-state index in [1.165, 1.54) is 29.2 Å². The van der Waals surface area contributed by atoms with Gasteiger partial charge in [-0.15, -0.1) is 0 Å². The SMILES string of the molecule is CC[C@H](C)[C@@H]1NC(=O)[C@H](Cc2ccc(O)cc2)NC(=O)[C@@H](N(C)C)CSCC(=O)C[C@@H](C(=O)NCCCC(=O)CSC[C@H](CC(=O)OC(C)(C)C)C(=O)O)CCCCC(=O)CSC[C@@H](C(=O)N2CCC[C@H]2C(=O)N[C@@H](CC(C)C)C(=O)CCC(N)=O)NC(=O)[C@H](CC(N)=O)NC(=O)[C@H](CCC(N)=O)NC1=O. The summed E-state index contributed by atoms with van der Waals surface area (Å²) in [5.74, 6) is -16.8. The quantitative estimate of drug-likeness (QED) is 0.0359. The van der Waals surface area contributed by atoms with E-state index in [0.29, 0.717) is 5.56 Å². The van der Waals surface area contributed by atoms with Crippen molar-refractivity contribution in [2.45, 2.75) is 218 Å². The Morgan fingerprint density at radius 1 is 0.726 bits per heavy atom. The van der Waals surface area contributed by atoms with Gasteiger partial charge < -0.3 is 74.3 Å². The second kappa shape index (κ2) is 46.8. The standard InChI is InChI=1S/C71H110N12O20S3/c1-10-41(4)61-68(99)76-49(23-25-57(72)89)63(94)78-52(33-59(74)91)64(95)80-53(69(100)83-28-14-18-54(83)66(97)77-50(29-40(2)3)56(88)24-26-58(73)90)38-105-36-46(85)16-12-11-15-43(62(93)75-27-13-17-47(86)35-104-34-44(70(101)102)32-60(92)103-71(5,6)7)31-48(87)37-106-39-55(82(8)9)67(98)79-51(65(96)81-61)30-42-19-21-45(84)22-20-42/h19-22,40-41,43-44,49-55,61,84H,10-18,23-39H2,1-9H3,(H2,72,89)(H2,73,90)(H2,74,91)(H,75,93)(H,76,99)(H,77,97)(H,78,94)(H,79,98)(H,80,95)(H,81,96)(H,101,102)/t41-,43-,44-,49-,50-,51-,52-,53-,54-,55-,61-/m0/s1. The van der Waals surface area contributed by atoms with Crippen molar-refractivity contribution in [3.8, 4) is 5.75 Å². The number of carbonyl (C=O) groups excluding carboxylic acids is 16.